The maximum absolute atomic E-state index is 11.6. The Morgan fingerprint density at radius 2 is 2.00 bits per heavy atom. The summed E-state index contributed by atoms with van der Waals surface area (Å²) in [6.45, 7) is 0. The van der Waals surface area contributed by atoms with E-state index in [-0.39, 0.29) is 11.7 Å². The van der Waals surface area contributed by atoms with Gasteiger partial charge in [0, 0.05) is 0 Å². The molecule has 2 aliphatic rings. The van der Waals surface area contributed by atoms with Crippen molar-refractivity contribution >= 4 is 16.0 Å². The lowest BCUT2D eigenvalue weighted by Crippen LogP contribution is -2.59. The molecule has 5 nitrogen and oxygen atoms in total. The number of hydrogen-bond acceptors (Lipinski definition) is 3. The topological polar surface area (TPSA) is 83.5 Å². The van der Waals surface area contributed by atoms with Crippen molar-refractivity contribution < 1.29 is 18.3 Å². The van der Waals surface area contributed by atoms with Crippen LogP contribution in [-0.4, -0.2) is 30.8 Å². The van der Waals surface area contributed by atoms with Gasteiger partial charge in [-0.05, 0) is 38.0 Å². The van der Waals surface area contributed by atoms with E-state index in [1.54, 1.807) is 0 Å². The van der Waals surface area contributed by atoms with E-state index in [1.165, 1.54) is 0 Å². The molecule has 0 aliphatic heterocycles. The fraction of sp³-hybridized carbons (Fsp3) is 0.889. The van der Waals surface area contributed by atoms with Crippen molar-refractivity contribution in [3.05, 3.63) is 0 Å². The number of hydrogen-bond donors (Lipinski definition) is 2. The Hall–Kier alpha value is -0.620. The molecule has 0 aromatic carbocycles. The molecule has 2 aliphatic carbocycles. The highest BCUT2D eigenvalue weighted by atomic mass is 32.2. The molecule has 0 heterocycles. The van der Waals surface area contributed by atoms with Gasteiger partial charge in [0.15, 0.2) is 0 Å². The Kier molecular flexibility index (Phi) is 2.50. The summed E-state index contributed by atoms with van der Waals surface area (Å²) in [5, 5.41) is 8.97. The summed E-state index contributed by atoms with van der Waals surface area (Å²) >= 11 is 0. The zero-order valence-electron chi connectivity index (χ0n) is 8.40. The third-order valence-electron chi connectivity index (χ3n) is 3.12. The van der Waals surface area contributed by atoms with Crippen LogP contribution in [0.15, 0.2) is 0 Å². The Balaban J connectivity index is 2.02. The smallest absolute Gasteiger partial charge is 0.324 e. The number of nitrogens with one attached hydrogen (secondary N) is 1. The van der Waals surface area contributed by atoms with Gasteiger partial charge >= 0.3 is 5.97 Å². The van der Waals surface area contributed by atoms with Crippen LogP contribution in [0, 0.1) is 5.92 Å². The number of sulfonamides is 1. The summed E-state index contributed by atoms with van der Waals surface area (Å²) in [6, 6.07) is 0. The van der Waals surface area contributed by atoms with Crippen molar-refractivity contribution in [1.82, 2.24) is 4.72 Å². The predicted octanol–water partition coefficient (Wildman–Crippen LogP) is 0.323. The third-order valence-corrected chi connectivity index (χ3v) is 4.73. The molecule has 2 saturated carbocycles. The molecule has 86 valence electrons. The SMILES string of the molecule is O=C(O)C1(NS(=O)(=O)CC2CC2)CCC1. The van der Waals surface area contributed by atoms with Crippen LogP contribution in [0.5, 0.6) is 0 Å². The van der Waals surface area contributed by atoms with Crippen LogP contribution < -0.4 is 4.72 Å². The highest BCUT2D eigenvalue weighted by molar-refractivity contribution is 7.89. The summed E-state index contributed by atoms with van der Waals surface area (Å²) < 4.78 is 25.6. The molecule has 0 unspecified atom stereocenters. The number of carboxylic acids is 1. The molecule has 15 heavy (non-hydrogen) atoms. The molecule has 0 radical (unpaired) electrons. The third kappa shape index (κ3) is 2.31. The quantitative estimate of drug-likeness (QED) is 0.716. The second-order valence-corrected chi connectivity index (χ2v) is 6.33. The fourth-order valence-corrected chi connectivity index (χ4v) is 3.75. The maximum Gasteiger partial charge on any atom is 0.324 e. The minimum atomic E-state index is -3.41. The van der Waals surface area contributed by atoms with E-state index < -0.39 is 21.5 Å². The predicted molar refractivity (Wildman–Crippen MR) is 53.9 cm³/mol. The lowest BCUT2D eigenvalue weighted by Gasteiger charge is -2.37. The van der Waals surface area contributed by atoms with E-state index >= 15 is 0 Å². The van der Waals surface area contributed by atoms with Crippen molar-refractivity contribution in [3.8, 4) is 0 Å². The van der Waals surface area contributed by atoms with Crippen LogP contribution in [-0.2, 0) is 14.8 Å². The van der Waals surface area contributed by atoms with Gasteiger partial charge in [0.05, 0.1) is 5.75 Å². The van der Waals surface area contributed by atoms with Crippen molar-refractivity contribution in [2.45, 2.75) is 37.6 Å². The van der Waals surface area contributed by atoms with E-state index in [0.717, 1.165) is 19.3 Å². The number of carbonyl (C=O) groups is 1. The number of aliphatic carboxylic acids is 1. The summed E-state index contributed by atoms with van der Waals surface area (Å²) in [6.07, 6.45) is 3.48. The Bertz CT molecular complexity index is 368. The zero-order valence-corrected chi connectivity index (χ0v) is 9.22. The molecule has 2 rings (SSSR count). The van der Waals surface area contributed by atoms with E-state index in [9.17, 15) is 13.2 Å². The zero-order chi connectivity index (χ0) is 11.1. The molecule has 0 aromatic heterocycles. The lowest BCUT2D eigenvalue weighted by atomic mass is 9.78. The van der Waals surface area contributed by atoms with Gasteiger partial charge in [0.1, 0.15) is 5.54 Å². The molecule has 0 saturated heterocycles. The van der Waals surface area contributed by atoms with Crippen LogP contribution in [0.1, 0.15) is 32.1 Å². The fourth-order valence-electron chi connectivity index (χ4n) is 1.82. The van der Waals surface area contributed by atoms with Crippen LogP contribution in [0.25, 0.3) is 0 Å². The first-order valence-electron chi connectivity index (χ1n) is 5.19. The molecular weight excluding hydrogens is 218 g/mol. The van der Waals surface area contributed by atoms with Gasteiger partial charge in [-0.2, -0.15) is 4.72 Å². The number of carboxylic acid groups (broad SMARTS) is 1. The van der Waals surface area contributed by atoms with Gasteiger partial charge in [-0.25, -0.2) is 8.42 Å². The second kappa shape index (κ2) is 3.45. The standard InChI is InChI=1S/C9H15NO4S/c11-8(12)9(4-1-5-9)10-15(13,14)6-7-2-3-7/h7,10H,1-6H2,(H,11,12). The van der Waals surface area contributed by atoms with Crippen LogP contribution in [0.4, 0.5) is 0 Å². The van der Waals surface area contributed by atoms with Crippen LogP contribution >= 0.6 is 0 Å². The average molecular weight is 233 g/mol. The van der Waals surface area contributed by atoms with Crippen LogP contribution in [0.3, 0.4) is 0 Å². The summed E-state index contributed by atoms with van der Waals surface area (Å²) in [7, 11) is -3.41. The molecule has 6 heteroatoms. The first kappa shape index (κ1) is 10.9. The summed E-state index contributed by atoms with van der Waals surface area (Å²) in [4.78, 5) is 11.0. The number of rotatable bonds is 5. The Morgan fingerprint density at radius 3 is 2.33 bits per heavy atom. The Labute approximate surface area is 88.9 Å². The highest BCUT2D eigenvalue weighted by Crippen LogP contribution is 2.35. The van der Waals surface area contributed by atoms with Gasteiger partial charge in [-0.15, -0.1) is 0 Å². The largest absolute Gasteiger partial charge is 0.480 e. The first-order chi connectivity index (χ1) is 6.94. The first-order valence-corrected chi connectivity index (χ1v) is 6.84. The van der Waals surface area contributed by atoms with E-state index in [1.807, 2.05) is 0 Å². The van der Waals surface area contributed by atoms with Crippen molar-refractivity contribution in [1.29, 1.82) is 0 Å². The van der Waals surface area contributed by atoms with Gasteiger partial charge in [0.25, 0.3) is 0 Å². The molecular formula is C9H15NO4S. The monoisotopic (exact) mass is 233 g/mol. The Morgan fingerprint density at radius 1 is 1.40 bits per heavy atom. The van der Waals surface area contributed by atoms with E-state index in [0.29, 0.717) is 12.8 Å². The lowest BCUT2D eigenvalue weighted by molar-refractivity contribution is -0.147. The summed E-state index contributed by atoms with van der Waals surface area (Å²) in [5.41, 5.74) is -1.20. The van der Waals surface area contributed by atoms with Crippen LogP contribution in [0.2, 0.25) is 0 Å². The average Bonchev–Trinajstić information content (AvgIpc) is 2.79. The molecule has 0 bridgehead atoms. The molecule has 0 aromatic rings. The minimum Gasteiger partial charge on any atom is -0.480 e. The van der Waals surface area contributed by atoms with E-state index in [2.05, 4.69) is 4.72 Å². The second-order valence-electron chi connectivity index (χ2n) is 4.57. The van der Waals surface area contributed by atoms with Crippen molar-refractivity contribution in [2.24, 2.45) is 5.92 Å². The van der Waals surface area contributed by atoms with Gasteiger partial charge in [-0.1, -0.05) is 0 Å². The summed E-state index contributed by atoms with van der Waals surface area (Å²) in [5.74, 6) is -0.719. The molecule has 0 atom stereocenters. The van der Waals surface area contributed by atoms with Gasteiger partial charge in [-0.3, -0.25) is 4.79 Å². The normalized spacial score (nSPS) is 24.5. The minimum absolute atomic E-state index is 0.0853. The van der Waals surface area contributed by atoms with Gasteiger partial charge in [0.2, 0.25) is 10.0 Å². The molecule has 0 amide bonds. The van der Waals surface area contributed by atoms with Crippen molar-refractivity contribution in [3.63, 3.8) is 0 Å². The maximum atomic E-state index is 11.6. The van der Waals surface area contributed by atoms with E-state index in [4.69, 9.17) is 5.11 Å². The highest BCUT2D eigenvalue weighted by Gasteiger charge is 2.47. The molecule has 2 N–H and O–H groups in total. The molecule has 0 spiro atoms. The van der Waals surface area contributed by atoms with Crippen molar-refractivity contribution in [2.75, 3.05) is 5.75 Å². The van der Waals surface area contributed by atoms with Gasteiger partial charge < -0.3 is 5.11 Å². The molecule has 2 fully saturated rings.